The summed E-state index contributed by atoms with van der Waals surface area (Å²) in [7, 11) is 0. The number of nitrogens with zero attached hydrogens (tertiary/aromatic N) is 3. The number of aromatic nitrogens is 2. The highest BCUT2D eigenvalue weighted by Gasteiger charge is 2.35. The molecule has 0 radical (unpaired) electrons. The Kier molecular flexibility index (Phi) is 6.79. The third-order valence-electron chi connectivity index (χ3n) is 6.90. The lowest BCUT2D eigenvalue weighted by Gasteiger charge is -2.19. The number of anilines is 1. The molecule has 2 heterocycles. The van der Waals surface area contributed by atoms with Crippen molar-refractivity contribution in [3.8, 4) is 5.75 Å². The number of carbonyl (C=O) groups excluding carboxylic acids is 1. The predicted octanol–water partition coefficient (Wildman–Crippen LogP) is 5.43. The van der Waals surface area contributed by atoms with Crippen molar-refractivity contribution in [2.75, 3.05) is 18.1 Å². The Morgan fingerprint density at radius 2 is 1.75 bits per heavy atom. The van der Waals surface area contributed by atoms with Crippen LogP contribution < -0.4 is 9.64 Å². The molecule has 4 aromatic rings. The van der Waals surface area contributed by atoms with Crippen molar-refractivity contribution in [2.45, 2.75) is 51.7 Å². The van der Waals surface area contributed by atoms with E-state index in [1.807, 2.05) is 72.5 Å². The number of rotatable bonds is 8. The first-order valence-electron chi connectivity index (χ1n) is 12.6. The lowest BCUT2D eigenvalue weighted by atomic mass is 10.0. The highest BCUT2D eigenvalue weighted by atomic mass is 16.5. The highest BCUT2D eigenvalue weighted by Crippen LogP contribution is 2.33. The first-order valence-corrected chi connectivity index (χ1v) is 12.6. The molecule has 1 fully saturated rings. The van der Waals surface area contributed by atoms with E-state index in [-0.39, 0.29) is 18.4 Å². The van der Waals surface area contributed by atoms with Crippen molar-refractivity contribution in [3.63, 3.8) is 0 Å². The van der Waals surface area contributed by atoms with E-state index in [2.05, 4.69) is 30.5 Å². The van der Waals surface area contributed by atoms with Crippen LogP contribution in [0.4, 0.5) is 5.69 Å². The Bertz CT molecular complexity index is 1340. The number of amides is 1. The van der Waals surface area contributed by atoms with E-state index < -0.39 is 6.10 Å². The van der Waals surface area contributed by atoms with Crippen LogP contribution in [0.5, 0.6) is 5.75 Å². The Morgan fingerprint density at radius 1 is 1.03 bits per heavy atom. The Balaban J connectivity index is 1.34. The predicted molar refractivity (Wildman–Crippen MR) is 143 cm³/mol. The normalized spacial score (nSPS) is 16.8. The monoisotopic (exact) mass is 483 g/mol. The molecule has 2 unspecified atom stereocenters. The van der Waals surface area contributed by atoms with Crippen LogP contribution >= 0.6 is 0 Å². The number of benzene rings is 3. The maximum absolute atomic E-state index is 12.9. The molecule has 1 saturated heterocycles. The van der Waals surface area contributed by atoms with Crippen LogP contribution in [-0.4, -0.2) is 39.8 Å². The van der Waals surface area contributed by atoms with Gasteiger partial charge in [-0.1, -0.05) is 55.8 Å². The summed E-state index contributed by atoms with van der Waals surface area (Å²) in [5.41, 5.74) is 5.15. The van der Waals surface area contributed by atoms with Gasteiger partial charge in [0.2, 0.25) is 5.91 Å². The summed E-state index contributed by atoms with van der Waals surface area (Å²) in [6.45, 7) is 7.44. The summed E-state index contributed by atoms with van der Waals surface area (Å²) < 4.78 is 7.94. The number of aliphatic hydroxyl groups excluding tert-OH is 1. The standard InChI is InChI=1S/C30H33N3O3/c1-20(2)22-10-14-26(15-11-22)36-19-25(34)18-33-28-7-5-4-6-27(28)31-30(33)23-16-29(35)32(17-23)24-12-8-21(3)9-13-24/h4-15,20,23,25,34H,16-19H2,1-3H3. The molecule has 1 aliphatic rings. The van der Waals surface area contributed by atoms with Crippen LogP contribution in [0, 0.1) is 6.92 Å². The third kappa shape index (κ3) is 5.00. The van der Waals surface area contributed by atoms with Crippen molar-refractivity contribution >= 4 is 22.6 Å². The molecular formula is C30H33N3O3. The van der Waals surface area contributed by atoms with Gasteiger partial charge in [0.15, 0.2) is 0 Å². The fourth-order valence-corrected chi connectivity index (χ4v) is 4.86. The second kappa shape index (κ2) is 10.2. The molecule has 6 nitrogen and oxygen atoms in total. The molecule has 0 saturated carbocycles. The largest absolute Gasteiger partial charge is 0.491 e. The van der Waals surface area contributed by atoms with E-state index in [0.29, 0.717) is 25.4 Å². The first-order chi connectivity index (χ1) is 17.4. The number of para-hydroxylation sites is 2. The van der Waals surface area contributed by atoms with Crippen LogP contribution in [0.25, 0.3) is 11.0 Å². The topological polar surface area (TPSA) is 67.6 Å². The van der Waals surface area contributed by atoms with Gasteiger partial charge < -0.3 is 19.3 Å². The van der Waals surface area contributed by atoms with Crippen LogP contribution in [-0.2, 0) is 11.3 Å². The number of ether oxygens (including phenoxy) is 1. The molecule has 3 aromatic carbocycles. The van der Waals surface area contributed by atoms with Gasteiger partial charge in [0.05, 0.1) is 17.6 Å². The molecular weight excluding hydrogens is 450 g/mol. The Labute approximate surface area is 212 Å². The number of fused-ring (bicyclic) bond motifs is 1. The number of hydrogen-bond donors (Lipinski definition) is 1. The number of aryl methyl sites for hydroxylation is 1. The van der Waals surface area contributed by atoms with Gasteiger partial charge in [-0.25, -0.2) is 4.98 Å². The zero-order valence-electron chi connectivity index (χ0n) is 21.1. The van der Waals surface area contributed by atoms with Gasteiger partial charge in [0.25, 0.3) is 0 Å². The zero-order chi connectivity index (χ0) is 25.2. The van der Waals surface area contributed by atoms with Gasteiger partial charge >= 0.3 is 0 Å². The average molecular weight is 484 g/mol. The van der Waals surface area contributed by atoms with E-state index in [0.717, 1.165) is 33.9 Å². The van der Waals surface area contributed by atoms with Gasteiger partial charge in [0.1, 0.15) is 24.3 Å². The van der Waals surface area contributed by atoms with Crippen molar-refractivity contribution in [1.82, 2.24) is 9.55 Å². The summed E-state index contributed by atoms with van der Waals surface area (Å²) in [4.78, 5) is 19.7. The summed E-state index contributed by atoms with van der Waals surface area (Å²) >= 11 is 0. The molecule has 1 N–H and O–H groups in total. The molecule has 1 amide bonds. The molecule has 5 rings (SSSR count). The molecule has 6 heteroatoms. The number of imidazole rings is 1. The third-order valence-corrected chi connectivity index (χ3v) is 6.90. The van der Waals surface area contributed by atoms with Crippen LogP contribution in [0.2, 0.25) is 0 Å². The molecule has 36 heavy (non-hydrogen) atoms. The van der Waals surface area contributed by atoms with E-state index >= 15 is 0 Å². The van der Waals surface area contributed by atoms with E-state index in [4.69, 9.17) is 9.72 Å². The average Bonchev–Trinajstić information content (AvgIpc) is 3.44. The number of carbonyl (C=O) groups is 1. The molecule has 0 aliphatic carbocycles. The van der Waals surface area contributed by atoms with Gasteiger partial charge in [-0.05, 0) is 54.8 Å². The fourth-order valence-electron chi connectivity index (χ4n) is 4.86. The first kappa shape index (κ1) is 24.1. The zero-order valence-corrected chi connectivity index (χ0v) is 21.1. The van der Waals surface area contributed by atoms with Crippen LogP contribution in [0.15, 0.2) is 72.8 Å². The van der Waals surface area contributed by atoms with Gasteiger partial charge in [-0.3, -0.25) is 4.79 Å². The van der Waals surface area contributed by atoms with Gasteiger partial charge in [-0.15, -0.1) is 0 Å². The Hall–Kier alpha value is -3.64. The summed E-state index contributed by atoms with van der Waals surface area (Å²) in [6.07, 6.45) is -0.331. The second-order valence-corrected chi connectivity index (χ2v) is 10.00. The summed E-state index contributed by atoms with van der Waals surface area (Å²) in [5, 5.41) is 10.9. The second-order valence-electron chi connectivity index (χ2n) is 10.00. The quantitative estimate of drug-likeness (QED) is 0.363. The number of aliphatic hydroxyl groups is 1. The molecule has 1 aromatic heterocycles. The van der Waals surface area contributed by atoms with Crippen LogP contribution in [0.1, 0.15) is 49.1 Å². The SMILES string of the molecule is Cc1ccc(N2CC(c3nc4ccccc4n3CC(O)COc3ccc(C(C)C)cc3)CC2=O)cc1. The van der Waals surface area contributed by atoms with Crippen molar-refractivity contribution in [3.05, 3.63) is 89.7 Å². The lowest BCUT2D eigenvalue weighted by molar-refractivity contribution is -0.117. The van der Waals surface area contributed by atoms with Crippen LogP contribution in [0.3, 0.4) is 0 Å². The van der Waals surface area contributed by atoms with E-state index in [1.165, 1.54) is 5.56 Å². The minimum Gasteiger partial charge on any atom is -0.491 e. The summed E-state index contributed by atoms with van der Waals surface area (Å²) in [6, 6.07) is 24.0. The molecule has 186 valence electrons. The smallest absolute Gasteiger partial charge is 0.227 e. The van der Waals surface area contributed by atoms with E-state index in [9.17, 15) is 9.90 Å². The molecule has 1 aliphatic heterocycles. The Morgan fingerprint density at radius 3 is 2.47 bits per heavy atom. The van der Waals surface area contributed by atoms with E-state index in [1.54, 1.807) is 0 Å². The maximum Gasteiger partial charge on any atom is 0.227 e. The highest BCUT2D eigenvalue weighted by molar-refractivity contribution is 5.96. The molecule has 0 bridgehead atoms. The summed E-state index contributed by atoms with van der Waals surface area (Å²) in [5.74, 6) is 2.07. The number of hydrogen-bond acceptors (Lipinski definition) is 4. The minimum atomic E-state index is -0.726. The van der Waals surface area contributed by atoms with Gasteiger partial charge in [-0.2, -0.15) is 0 Å². The minimum absolute atomic E-state index is 0.0529. The van der Waals surface area contributed by atoms with Crippen molar-refractivity contribution in [2.24, 2.45) is 0 Å². The fraction of sp³-hybridized carbons (Fsp3) is 0.333. The van der Waals surface area contributed by atoms with Crippen molar-refractivity contribution < 1.29 is 14.6 Å². The lowest BCUT2D eigenvalue weighted by Crippen LogP contribution is -2.26. The van der Waals surface area contributed by atoms with Crippen molar-refractivity contribution in [1.29, 1.82) is 0 Å². The molecule has 0 spiro atoms. The molecule has 2 atom stereocenters. The van der Waals surface area contributed by atoms with Gasteiger partial charge in [0, 0.05) is 24.6 Å². The maximum atomic E-state index is 12.9.